The first-order chi connectivity index (χ1) is 25.4. The molecule has 54 heavy (non-hydrogen) atoms. The highest BCUT2D eigenvalue weighted by atomic mass is 16.5. The first-order valence-electron chi connectivity index (χ1n) is 18.8. The Morgan fingerprint density at radius 1 is 0.556 bits per heavy atom. The van der Waals surface area contributed by atoms with Gasteiger partial charge in [0.1, 0.15) is 26.3 Å². The molecule has 4 N–H and O–H groups in total. The Kier molecular flexibility index (Phi) is 12.0. The SMILES string of the molecule is C=Cc1c2[nH]c(c1C)C=c1[nH]c(c(CCC(=O)OCC[N+](C)(C)C)c1C)=Cc1[nH]c(c(C)c1CCC(=O)OCC[N+](C)(C)C)C=c1[nH]c(c(C)c1C=C)=C2. The van der Waals surface area contributed by atoms with Crippen LogP contribution in [0.3, 0.4) is 0 Å². The molecule has 0 unspecified atom stereocenters. The monoisotopic (exact) mass is 736 g/mol. The Morgan fingerprint density at radius 2 is 1.02 bits per heavy atom. The summed E-state index contributed by atoms with van der Waals surface area (Å²) >= 11 is 0. The van der Waals surface area contributed by atoms with Crippen molar-refractivity contribution >= 4 is 48.4 Å². The van der Waals surface area contributed by atoms with Crippen molar-refractivity contribution in [2.24, 2.45) is 0 Å². The number of aromatic amines is 4. The van der Waals surface area contributed by atoms with E-state index in [1.807, 2.05) is 12.2 Å². The summed E-state index contributed by atoms with van der Waals surface area (Å²) < 4.78 is 12.7. The van der Waals surface area contributed by atoms with E-state index in [1.54, 1.807) is 0 Å². The number of aromatic nitrogens is 4. The van der Waals surface area contributed by atoms with Gasteiger partial charge >= 0.3 is 11.9 Å². The Bertz CT molecular complexity index is 2330. The summed E-state index contributed by atoms with van der Waals surface area (Å²) in [7, 11) is 12.5. The molecule has 0 amide bonds. The second kappa shape index (κ2) is 16.1. The van der Waals surface area contributed by atoms with Gasteiger partial charge in [0.15, 0.2) is 0 Å². The topological polar surface area (TPSA) is 116 Å². The van der Waals surface area contributed by atoms with Crippen LogP contribution in [-0.2, 0) is 31.9 Å². The highest BCUT2D eigenvalue weighted by molar-refractivity contribution is 5.73. The van der Waals surface area contributed by atoms with Crippen molar-refractivity contribution < 1.29 is 28.0 Å². The summed E-state index contributed by atoms with van der Waals surface area (Å²) in [5.41, 5.74) is 12.1. The van der Waals surface area contributed by atoms with Gasteiger partial charge in [0.25, 0.3) is 0 Å². The number of carbonyl (C=O) groups is 2. The third-order valence-corrected chi connectivity index (χ3v) is 10.4. The van der Waals surface area contributed by atoms with E-state index in [2.05, 4.69) is 127 Å². The minimum Gasteiger partial charge on any atom is -0.460 e. The van der Waals surface area contributed by atoms with Crippen molar-refractivity contribution in [1.82, 2.24) is 19.9 Å². The fourth-order valence-electron chi connectivity index (χ4n) is 6.93. The van der Waals surface area contributed by atoms with E-state index in [4.69, 9.17) is 9.47 Å². The molecule has 4 aromatic rings. The van der Waals surface area contributed by atoms with E-state index >= 15 is 0 Å². The van der Waals surface area contributed by atoms with Crippen LogP contribution < -0.4 is 21.4 Å². The summed E-state index contributed by atoms with van der Waals surface area (Å²) in [6.07, 6.45) is 13.8. The number of likely N-dealkylation sites (N-methyl/N-ethyl adjacent to an activating group) is 2. The van der Waals surface area contributed by atoms with Crippen LogP contribution in [-0.4, -0.2) is 109 Å². The predicted molar refractivity (Wildman–Crippen MR) is 219 cm³/mol. The van der Waals surface area contributed by atoms with E-state index in [-0.39, 0.29) is 24.8 Å². The lowest BCUT2D eigenvalue weighted by molar-refractivity contribution is -0.870. The quantitative estimate of drug-likeness (QED) is 0.103. The number of hydrogen-bond acceptors (Lipinski definition) is 4. The highest BCUT2D eigenvalue weighted by Crippen LogP contribution is 2.24. The maximum absolute atomic E-state index is 13.0. The number of carbonyl (C=O) groups excluding carboxylic acids is 2. The largest absolute Gasteiger partial charge is 0.460 e. The molecule has 1 aliphatic rings. The molecule has 1 aliphatic heterocycles. The van der Waals surface area contributed by atoms with Gasteiger partial charge in [-0.25, -0.2) is 0 Å². The standard InChI is InChI=1S/C44H60N6O4/c1-13-31-27(3)35-23-36-29(5)33(15-17-43(51)53-21-19-49(7,8)9)41(47-36)26-42-34(16-18-44(52)54-22-20-50(10,11)12)30(6)38(48-42)25-40-32(14-2)28(4)37(46-40)24-39(31)45-35/h13-14,23-26,45-48H,1-2,15-22H2,3-12H3/q+2. The summed E-state index contributed by atoms with van der Waals surface area (Å²) in [6.45, 7) is 18.9. The fraction of sp³-hybridized carbons (Fsp3) is 0.409. The van der Waals surface area contributed by atoms with Gasteiger partial charge in [-0.3, -0.25) is 9.59 Å². The summed E-state index contributed by atoms with van der Waals surface area (Å²) in [5.74, 6) is -0.435. The van der Waals surface area contributed by atoms with Crippen molar-refractivity contribution in [2.75, 3.05) is 68.6 Å². The van der Waals surface area contributed by atoms with Crippen LogP contribution in [0.2, 0.25) is 0 Å². The van der Waals surface area contributed by atoms with Crippen molar-refractivity contribution in [1.29, 1.82) is 0 Å². The molecule has 4 aromatic heterocycles. The predicted octanol–water partition coefficient (Wildman–Crippen LogP) is 3.51. The lowest BCUT2D eigenvalue weighted by atomic mass is 10.0. The molecular weight excluding hydrogens is 677 g/mol. The molecule has 5 rings (SSSR count). The molecule has 5 heterocycles. The van der Waals surface area contributed by atoms with Crippen LogP contribution in [0.15, 0.2) is 13.2 Å². The van der Waals surface area contributed by atoms with Gasteiger partial charge in [-0.15, -0.1) is 0 Å². The first-order valence-corrected chi connectivity index (χ1v) is 18.8. The Balaban J connectivity index is 1.68. The zero-order valence-corrected chi connectivity index (χ0v) is 34.1. The number of nitrogens with one attached hydrogen (secondary N) is 4. The van der Waals surface area contributed by atoms with E-state index in [0.717, 1.165) is 111 Å². The number of H-pyrrole nitrogens is 4. The van der Waals surface area contributed by atoms with Gasteiger partial charge in [0, 0.05) is 68.1 Å². The van der Waals surface area contributed by atoms with E-state index in [9.17, 15) is 9.59 Å². The van der Waals surface area contributed by atoms with Gasteiger partial charge in [-0.1, -0.05) is 25.3 Å². The second-order valence-electron chi connectivity index (χ2n) is 16.5. The van der Waals surface area contributed by atoms with Crippen molar-refractivity contribution in [3.8, 4) is 0 Å². The Hall–Kier alpha value is -5.06. The minimum absolute atomic E-state index is 0.217. The normalized spacial score (nSPS) is 12.6. The second-order valence-corrected chi connectivity index (χ2v) is 16.5. The van der Waals surface area contributed by atoms with Gasteiger partial charge in [0.05, 0.1) is 42.3 Å². The van der Waals surface area contributed by atoms with Crippen LogP contribution in [0.4, 0.5) is 0 Å². The van der Waals surface area contributed by atoms with Crippen LogP contribution in [0.25, 0.3) is 36.5 Å². The molecule has 0 fully saturated rings. The molecule has 8 bridgehead atoms. The smallest absolute Gasteiger partial charge is 0.306 e. The molecule has 0 aromatic carbocycles. The number of fused-ring (bicyclic) bond motifs is 8. The maximum atomic E-state index is 13.0. The van der Waals surface area contributed by atoms with Gasteiger partial charge in [-0.05, 0) is 98.2 Å². The van der Waals surface area contributed by atoms with E-state index in [1.165, 1.54) is 0 Å². The lowest BCUT2D eigenvalue weighted by Crippen LogP contribution is -2.38. The molecule has 0 spiro atoms. The molecule has 10 nitrogen and oxygen atoms in total. The van der Waals surface area contributed by atoms with Crippen LogP contribution >= 0.6 is 0 Å². The average molecular weight is 737 g/mol. The number of rotatable bonds is 14. The molecule has 0 aliphatic carbocycles. The molecule has 0 saturated heterocycles. The molecule has 10 heteroatoms. The summed E-state index contributed by atoms with van der Waals surface area (Å²) in [6, 6.07) is 0. The van der Waals surface area contributed by atoms with Crippen LogP contribution in [0.5, 0.6) is 0 Å². The average Bonchev–Trinajstić information content (AvgIpc) is 3.74. The number of ether oxygens (including phenoxy) is 2. The third kappa shape index (κ3) is 9.35. The Labute approximate surface area is 319 Å². The third-order valence-electron chi connectivity index (χ3n) is 10.4. The number of esters is 2. The molecule has 0 radical (unpaired) electrons. The first kappa shape index (κ1) is 40.1. The van der Waals surface area contributed by atoms with Crippen molar-refractivity contribution in [3.05, 3.63) is 102 Å². The van der Waals surface area contributed by atoms with Crippen LogP contribution in [0, 0.1) is 27.7 Å². The van der Waals surface area contributed by atoms with E-state index < -0.39 is 0 Å². The van der Waals surface area contributed by atoms with Gasteiger partial charge in [0.2, 0.25) is 0 Å². The van der Waals surface area contributed by atoms with Gasteiger partial charge < -0.3 is 38.4 Å². The minimum atomic E-state index is -0.218. The number of nitrogens with zero attached hydrogens (tertiary/aromatic N) is 2. The summed E-state index contributed by atoms with van der Waals surface area (Å²) in [5, 5.41) is 3.74. The molecule has 288 valence electrons. The van der Waals surface area contributed by atoms with Gasteiger partial charge in [-0.2, -0.15) is 0 Å². The Morgan fingerprint density at radius 3 is 1.59 bits per heavy atom. The lowest BCUT2D eigenvalue weighted by Gasteiger charge is -2.23. The van der Waals surface area contributed by atoms with Crippen LogP contribution in [0.1, 0.15) is 80.1 Å². The highest BCUT2D eigenvalue weighted by Gasteiger charge is 2.19. The number of quaternary nitrogens is 2. The molecule has 0 atom stereocenters. The molecular formula is C44H60N6O4+2. The maximum Gasteiger partial charge on any atom is 0.306 e. The number of hydrogen-bond donors (Lipinski definition) is 4. The van der Waals surface area contributed by atoms with E-state index in [0.29, 0.717) is 26.1 Å². The zero-order chi connectivity index (χ0) is 39.5. The zero-order valence-electron chi connectivity index (χ0n) is 34.1. The van der Waals surface area contributed by atoms with Crippen molar-refractivity contribution in [3.63, 3.8) is 0 Å². The fourth-order valence-corrected chi connectivity index (χ4v) is 6.93. The van der Waals surface area contributed by atoms with Crippen molar-refractivity contribution in [2.45, 2.75) is 53.4 Å². The molecule has 0 saturated carbocycles. The summed E-state index contributed by atoms with van der Waals surface area (Å²) in [4.78, 5) is 40.6.